The second kappa shape index (κ2) is 10.9. The molecule has 2 aromatic rings. The van der Waals surface area contributed by atoms with Gasteiger partial charge < -0.3 is 19.6 Å². The van der Waals surface area contributed by atoms with Gasteiger partial charge in [-0.15, -0.1) is 0 Å². The van der Waals surface area contributed by atoms with E-state index in [-0.39, 0.29) is 12.7 Å². The fourth-order valence-electron chi connectivity index (χ4n) is 4.47. The van der Waals surface area contributed by atoms with Crippen molar-refractivity contribution in [1.82, 2.24) is 9.80 Å². The number of carbonyl (C=O) groups excluding carboxylic acids is 1. The molecule has 2 heterocycles. The second-order valence-electron chi connectivity index (χ2n) is 9.69. The van der Waals surface area contributed by atoms with Crippen LogP contribution in [0.4, 0.5) is 29.3 Å². The van der Waals surface area contributed by atoms with Gasteiger partial charge in [-0.25, -0.2) is 4.79 Å². The predicted octanol–water partition coefficient (Wildman–Crippen LogP) is 5.61. The van der Waals surface area contributed by atoms with Gasteiger partial charge in [-0.3, -0.25) is 4.90 Å². The molecule has 36 heavy (non-hydrogen) atoms. The number of alkyl halides is 3. The predicted molar refractivity (Wildman–Crippen MR) is 134 cm³/mol. The Kier molecular flexibility index (Phi) is 8.06. The van der Waals surface area contributed by atoms with Gasteiger partial charge >= 0.3 is 12.3 Å². The molecule has 0 aromatic heterocycles. The van der Waals surface area contributed by atoms with Crippen molar-refractivity contribution in [3.8, 4) is 0 Å². The normalized spacial score (nSPS) is 16.5. The zero-order valence-electron chi connectivity index (χ0n) is 20.6. The summed E-state index contributed by atoms with van der Waals surface area (Å²) in [5, 5.41) is 9.13. The van der Waals surface area contributed by atoms with Crippen LogP contribution in [-0.2, 0) is 10.9 Å². The number of amides is 1. The minimum Gasteiger partial charge on any atom is -0.443 e. The molecule has 1 saturated heterocycles. The van der Waals surface area contributed by atoms with Crippen molar-refractivity contribution in [1.29, 1.82) is 0 Å². The van der Waals surface area contributed by atoms with Crippen LogP contribution >= 0.6 is 11.8 Å². The molecule has 1 N–H and O–H groups in total. The lowest BCUT2D eigenvalue weighted by molar-refractivity contribution is -0.137. The van der Waals surface area contributed by atoms with Crippen LogP contribution in [0.25, 0.3) is 0 Å². The summed E-state index contributed by atoms with van der Waals surface area (Å²) in [6.07, 6.45) is -3.61. The van der Waals surface area contributed by atoms with E-state index >= 15 is 0 Å². The van der Waals surface area contributed by atoms with E-state index in [0.717, 1.165) is 34.5 Å². The molecule has 0 atom stereocenters. The molecule has 0 bridgehead atoms. The van der Waals surface area contributed by atoms with E-state index in [1.165, 1.54) is 17.8 Å². The summed E-state index contributed by atoms with van der Waals surface area (Å²) < 4.78 is 45.8. The van der Waals surface area contributed by atoms with Gasteiger partial charge in [-0.05, 0) is 57.1 Å². The van der Waals surface area contributed by atoms with Crippen LogP contribution in [0.3, 0.4) is 0 Å². The summed E-state index contributed by atoms with van der Waals surface area (Å²) >= 11 is 1.49. The number of hydrogen-bond acceptors (Lipinski definition) is 6. The molecular weight excluding hydrogens is 491 g/mol. The standard InChI is InChI=1S/C26H32F3N3O3S/c1-25(2,10-17-33)35-24(34)31-15-13-30(14-16-31)11-5-12-32-20-6-3-4-7-22(20)36-23-9-8-19(18-21(23)32)26(27,28)29/h3-4,6-9,18,33H,5,10-17H2,1-2H3. The Bertz CT molecular complexity index is 1070. The van der Waals surface area contributed by atoms with Crippen LogP contribution in [0.5, 0.6) is 0 Å². The van der Waals surface area contributed by atoms with Gasteiger partial charge in [0, 0.05) is 55.5 Å². The summed E-state index contributed by atoms with van der Waals surface area (Å²) in [4.78, 5) is 20.2. The second-order valence-corrected chi connectivity index (χ2v) is 10.8. The van der Waals surface area contributed by atoms with E-state index in [9.17, 15) is 18.0 Å². The highest BCUT2D eigenvalue weighted by Crippen LogP contribution is 2.49. The number of fused-ring (bicyclic) bond motifs is 2. The molecule has 0 unspecified atom stereocenters. The van der Waals surface area contributed by atoms with E-state index in [2.05, 4.69) is 4.90 Å². The number of carbonyl (C=O) groups is 1. The monoisotopic (exact) mass is 523 g/mol. The summed E-state index contributed by atoms with van der Waals surface area (Å²) in [6, 6.07) is 11.8. The maximum absolute atomic E-state index is 13.4. The van der Waals surface area contributed by atoms with E-state index in [1.807, 2.05) is 29.2 Å². The Morgan fingerprint density at radius 2 is 1.69 bits per heavy atom. The number of piperazine rings is 1. The van der Waals surface area contributed by atoms with Crippen molar-refractivity contribution in [2.45, 2.75) is 48.3 Å². The summed E-state index contributed by atoms with van der Waals surface area (Å²) in [7, 11) is 0. The third-order valence-corrected chi connectivity index (χ3v) is 7.65. The Hall–Kier alpha value is -2.43. The molecule has 1 fully saturated rings. The smallest absolute Gasteiger partial charge is 0.416 e. The van der Waals surface area contributed by atoms with Crippen LogP contribution in [0.1, 0.15) is 32.3 Å². The highest BCUT2D eigenvalue weighted by Gasteiger charge is 2.33. The average Bonchev–Trinajstić information content (AvgIpc) is 2.82. The first kappa shape index (κ1) is 26.6. The fourth-order valence-corrected chi connectivity index (χ4v) is 5.55. The molecule has 0 radical (unpaired) electrons. The number of ether oxygens (including phenoxy) is 1. The molecule has 2 aliphatic heterocycles. The fraction of sp³-hybridized carbons (Fsp3) is 0.500. The van der Waals surface area contributed by atoms with Crippen molar-refractivity contribution in [3.63, 3.8) is 0 Å². The third kappa shape index (κ3) is 6.27. The highest BCUT2D eigenvalue weighted by atomic mass is 32.2. The van der Waals surface area contributed by atoms with E-state index in [4.69, 9.17) is 9.84 Å². The van der Waals surface area contributed by atoms with Crippen molar-refractivity contribution < 1.29 is 27.8 Å². The number of rotatable bonds is 7. The van der Waals surface area contributed by atoms with Crippen LogP contribution in [0, 0.1) is 0 Å². The molecule has 0 spiro atoms. The van der Waals surface area contributed by atoms with Crippen LogP contribution in [-0.4, -0.2) is 72.5 Å². The number of aliphatic hydroxyl groups is 1. The molecule has 196 valence electrons. The first-order valence-electron chi connectivity index (χ1n) is 12.1. The van der Waals surface area contributed by atoms with Crippen LogP contribution in [0.15, 0.2) is 52.3 Å². The quantitative estimate of drug-likeness (QED) is 0.509. The van der Waals surface area contributed by atoms with Crippen LogP contribution in [0.2, 0.25) is 0 Å². The maximum Gasteiger partial charge on any atom is 0.416 e. The zero-order valence-corrected chi connectivity index (χ0v) is 21.4. The summed E-state index contributed by atoms with van der Waals surface area (Å²) in [6.45, 7) is 7.39. The van der Waals surface area contributed by atoms with Crippen molar-refractivity contribution in [3.05, 3.63) is 48.0 Å². The molecule has 2 aliphatic rings. The Balaban J connectivity index is 1.36. The first-order valence-corrected chi connectivity index (χ1v) is 13.0. The lowest BCUT2D eigenvalue weighted by Gasteiger charge is -2.37. The zero-order chi connectivity index (χ0) is 25.9. The van der Waals surface area contributed by atoms with Gasteiger partial charge in [-0.1, -0.05) is 23.9 Å². The minimum absolute atomic E-state index is 0.0454. The van der Waals surface area contributed by atoms with Gasteiger partial charge in [-0.2, -0.15) is 13.2 Å². The highest BCUT2D eigenvalue weighted by molar-refractivity contribution is 7.99. The summed E-state index contributed by atoms with van der Waals surface area (Å²) in [5.74, 6) is 0. The molecule has 0 aliphatic carbocycles. The topological polar surface area (TPSA) is 56.3 Å². The number of hydrogen-bond donors (Lipinski definition) is 1. The molecule has 6 nitrogen and oxygen atoms in total. The molecule has 1 amide bonds. The largest absolute Gasteiger partial charge is 0.443 e. The third-order valence-electron chi connectivity index (χ3n) is 6.52. The SMILES string of the molecule is CC(C)(CCO)OC(=O)N1CCN(CCCN2c3ccccc3Sc3ccc(C(F)(F)F)cc32)CC1. The number of anilines is 2. The number of nitrogens with zero attached hydrogens (tertiary/aromatic N) is 3. The Labute approximate surface area is 214 Å². The number of benzene rings is 2. The number of aliphatic hydroxyl groups excluding tert-OH is 1. The van der Waals surface area contributed by atoms with Gasteiger partial charge in [0.1, 0.15) is 5.60 Å². The van der Waals surface area contributed by atoms with E-state index in [0.29, 0.717) is 44.8 Å². The van der Waals surface area contributed by atoms with Gasteiger partial charge in [0.2, 0.25) is 0 Å². The van der Waals surface area contributed by atoms with Crippen molar-refractivity contribution >= 4 is 29.2 Å². The molecule has 4 rings (SSSR count). The number of para-hydroxylation sites is 1. The van der Waals surface area contributed by atoms with Crippen LogP contribution < -0.4 is 4.90 Å². The lowest BCUT2D eigenvalue weighted by Crippen LogP contribution is -2.50. The lowest BCUT2D eigenvalue weighted by atomic mass is 10.1. The molecule has 2 aromatic carbocycles. The maximum atomic E-state index is 13.4. The van der Waals surface area contributed by atoms with Gasteiger partial charge in [0.25, 0.3) is 0 Å². The minimum atomic E-state index is -4.39. The van der Waals surface area contributed by atoms with Crippen molar-refractivity contribution in [2.75, 3.05) is 50.8 Å². The molecule has 10 heteroatoms. The Morgan fingerprint density at radius 3 is 2.39 bits per heavy atom. The number of halogens is 3. The Morgan fingerprint density at radius 1 is 1.00 bits per heavy atom. The molecule has 0 saturated carbocycles. The van der Waals surface area contributed by atoms with E-state index < -0.39 is 17.3 Å². The van der Waals surface area contributed by atoms with E-state index in [1.54, 1.807) is 24.8 Å². The molecular formula is C26H32F3N3O3S. The van der Waals surface area contributed by atoms with Gasteiger partial charge in [0.05, 0.1) is 16.9 Å². The first-order chi connectivity index (χ1) is 17.1. The average molecular weight is 524 g/mol. The van der Waals surface area contributed by atoms with Gasteiger partial charge in [0.15, 0.2) is 0 Å². The van der Waals surface area contributed by atoms with Crippen molar-refractivity contribution in [2.24, 2.45) is 0 Å². The summed E-state index contributed by atoms with van der Waals surface area (Å²) in [5.41, 5.74) is 0.157.